The highest BCUT2D eigenvalue weighted by Gasteiger charge is 2.42. The lowest BCUT2D eigenvalue weighted by Crippen LogP contribution is -2.36. The quantitative estimate of drug-likeness (QED) is 0.763. The maximum absolute atomic E-state index is 13.0. The highest BCUT2D eigenvalue weighted by molar-refractivity contribution is 7.80. The molecule has 1 aliphatic heterocycles. The molecule has 1 aliphatic rings. The summed E-state index contributed by atoms with van der Waals surface area (Å²) in [4.78, 5) is 0. The smallest absolute Gasteiger partial charge is 0.126 e. The fourth-order valence-electron chi connectivity index (χ4n) is 2.10. The maximum Gasteiger partial charge on any atom is 0.126 e. The van der Waals surface area contributed by atoms with Crippen LogP contribution in [-0.2, 0) is 5.41 Å². The summed E-state index contributed by atoms with van der Waals surface area (Å²) in [6, 6.07) is 4.78. The lowest BCUT2D eigenvalue weighted by Gasteiger charge is -2.30. The van der Waals surface area contributed by atoms with Crippen LogP contribution < -0.4 is 4.74 Å². The largest absolute Gasteiger partial charge is 0.492 e. The third-order valence-corrected chi connectivity index (χ3v) is 3.92. The van der Waals surface area contributed by atoms with Gasteiger partial charge < -0.3 is 4.74 Å². The Kier molecular flexibility index (Phi) is 2.67. The second-order valence-corrected chi connectivity index (χ2v) is 4.71. The minimum atomic E-state index is -0.243. The summed E-state index contributed by atoms with van der Waals surface area (Å²) in [5, 5.41) is 0. The lowest BCUT2D eigenvalue weighted by molar-refractivity contribution is 0.235. The van der Waals surface area contributed by atoms with Gasteiger partial charge in [-0.15, -0.1) is 0 Å². The average Bonchev–Trinajstić information content (AvgIpc) is 2.56. The minimum Gasteiger partial charge on any atom is -0.492 e. The standard InChI is InChI=1S/C12H15FOS/c1-8(2)12(7-15)6-14-11-5-9(13)3-4-10(11)12/h3-5,8,15H,6-7H2,1-2H3. The van der Waals surface area contributed by atoms with E-state index in [1.165, 1.54) is 12.1 Å². The molecule has 2 rings (SSSR count). The SMILES string of the molecule is CC(C)C1(CS)COc2cc(F)ccc21. The molecule has 0 aromatic heterocycles. The maximum atomic E-state index is 13.0. The van der Waals surface area contributed by atoms with Gasteiger partial charge in [0.05, 0.1) is 6.61 Å². The average molecular weight is 226 g/mol. The summed E-state index contributed by atoms with van der Waals surface area (Å²) < 4.78 is 18.6. The van der Waals surface area contributed by atoms with E-state index < -0.39 is 0 Å². The van der Waals surface area contributed by atoms with Crippen LogP contribution in [0, 0.1) is 11.7 Å². The van der Waals surface area contributed by atoms with Crippen LogP contribution in [0.15, 0.2) is 18.2 Å². The number of thiol groups is 1. The van der Waals surface area contributed by atoms with Gasteiger partial charge in [0.15, 0.2) is 0 Å². The van der Waals surface area contributed by atoms with Gasteiger partial charge in [-0.3, -0.25) is 0 Å². The normalized spacial score (nSPS) is 24.1. The van der Waals surface area contributed by atoms with Crippen molar-refractivity contribution in [2.75, 3.05) is 12.4 Å². The van der Waals surface area contributed by atoms with Crippen LogP contribution in [0.3, 0.4) is 0 Å². The zero-order valence-electron chi connectivity index (χ0n) is 8.96. The van der Waals surface area contributed by atoms with Crippen LogP contribution in [0.1, 0.15) is 19.4 Å². The number of rotatable bonds is 2. The Hall–Kier alpha value is -0.700. The van der Waals surface area contributed by atoms with E-state index in [4.69, 9.17) is 4.74 Å². The second-order valence-electron chi connectivity index (χ2n) is 4.40. The van der Waals surface area contributed by atoms with Crippen molar-refractivity contribution in [3.05, 3.63) is 29.6 Å². The van der Waals surface area contributed by atoms with Crippen molar-refractivity contribution in [3.63, 3.8) is 0 Å². The number of halogens is 1. The molecule has 82 valence electrons. The first-order valence-electron chi connectivity index (χ1n) is 5.14. The summed E-state index contributed by atoms with van der Waals surface area (Å²) in [6.45, 7) is 4.91. The molecule has 0 radical (unpaired) electrons. The Labute approximate surface area is 95.0 Å². The Morgan fingerprint density at radius 3 is 2.87 bits per heavy atom. The Bertz CT molecular complexity index is 378. The Morgan fingerprint density at radius 2 is 2.27 bits per heavy atom. The Balaban J connectivity index is 2.51. The number of hydrogen-bond donors (Lipinski definition) is 1. The summed E-state index contributed by atoms with van der Waals surface area (Å²) in [6.07, 6.45) is 0. The van der Waals surface area contributed by atoms with Crippen LogP contribution in [0.5, 0.6) is 5.75 Å². The summed E-state index contributed by atoms with van der Waals surface area (Å²) in [5.74, 6) is 1.59. The molecule has 0 bridgehead atoms. The molecule has 0 fully saturated rings. The van der Waals surface area contributed by atoms with Crippen LogP contribution in [0.4, 0.5) is 4.39 Å². The molecule has 0 aliphatic carbocycles. The molecule has 1 aromatic carbocycles. The molecule has 0 amide bonds. The lowest BCUT2D eigenvalue weighted by atomic mass is 9.75. The van der Waals surface area contributed by atoms with Gasteiger partial charge in [0.25, 0.3) is 0 Å². The second kappa shape index (κ2) is 3.71. The number of ether oxygens (including phenoxy) is 1. The monoisotopic (exact) mass is 226 g/mol. The minimum absolute atomic E-state index is 0.0633. The molecule has 1 atom stereocenters. The van der Waals surface area contributed by atoms with Gasteiger partial charge in [0, 0.05) is 22.8 Å². The van der Waals surface area contributed by atoms with Crippen LogP contribution in [0.2, 0.25) is 0 Å². The van der Waals surface area contributed by atoms with Crippen LogP contribution in [0.25, 0.3) is 0 Å². The summed E-state index contributed by atoms with van der Waals surface area (Å²) in [5.41, 5.74) is 1.03. The predicted molar refractivity (Wildman–Crippen MR) is 62.3 cm³/mol. The molecule has 1 nitrogen and oxygen atoms in total. The number of benzene rings is 1. The summed E-state index contributed by atoms with van der Waals surface area (Å²) in [7, 11) is 0. The molecule has 0 saturated carbocycles. The van der Waals surface area contributed by atoms with Crippen molar-refractivity contribution >= 4 is 12.6 Å². The Morgan fingerprint density at radius 1 is 1.53 bits per heavy atom. The van der Waals surface area contributed by atoms with E-state index in [1.54, 1.807) is 0 Å². The first-order valence-corrected chi connectivity index (χ1v) is 5.77. The van der Waals surface area contributed by atoms with E-state index in [1.807, 2.05) is 6.07 Å². The topological polar surface area (TPSA) is 9.23 Å². The van der Waals surface area contributed by atoms with Gasteiger partial charge >= 0.3 is 0 Å². The molecule has 1 heterocycles. The van der Waals surface area contributed by atoms with Gasteiger partial charge in [0.2, 0.25) is 0 Å². The van der Waals surface area contributed by atoms with E-state index in [-0.39, 0.29) is 11.2 Å². The van der Waals surface area contributed by atoms with Crippen molar-refractivity contribution in [2.45, 2.75) is 19.3 Å². The van der Waals surface area contributed by atoms with E-state index in [9.17, 15) is 4.39 Å². The van der Waals surface area contributed by atoms with Crippen molar-refractivity contribution in [1.29, 1.82) is 0 Å². The molecular weight excluding hydrogens is 211 g/mol. The number of fused-ring (bicyclic) bond motifs is 1. The fourth-order valence-corrected chi connectivity index (χ4v) is 2.73. The van der Waals surface area contributed by atoms with Gasteiger partial charge in [-0.1, -0.05) is 19.9 Å². The van der Waals surface area contributed by atoms with E-state index in [0.29, 0.717) is 18.3 Å². The van der Waals surface area contributed by atoms with Crippen LogP contribution >= 0.6 is 12.6 Å². The van der Waals surface area contributed by atoms with Crippen molar-refractivity contribution in [3.8, 4) is 5.75 Å². The molecule has 3 heteroatoms. The summed E-state index contributed by atoms with van der Waals surface area (Å²) >= 11 is 4.42. The first kappa shape index (κ1) is 10.8. The fraction of sp³-hybridized carbons (Fsp3) is 0.500. The molecular formula is C12H15FOS. The highest BCUT2D eigenvalue weighted by Crippen LogP contribution is 2.44. The van der Waals surface area contributed by atoms with Gasteiger partial charge in [0.1, 0.15) is 11.6 Å². The van der Waals surface area contributed by atoms with E-state index >= 15 is 0 Å². The van der Waals surface area contributed by atoms with Gasteiger partial charge in [-0.2, -0.15) is 12.6 Å². The first-order chi connectivity index (χ1) is 7.10. The zero-order valence-corrected chi connectivity index (χ0v) is 9.85. The third-order valence-electron chi connectivity index (χ3n) is 3.35. The molecule has 0 saturated heterocycles. The van der Waals surface area contributed by atoms with Crippen LogP contribution in [-0.4, -0.2) is 12.4 Å². The van der Waals surface area contributed by atoms with E-state index in [0.717, 1.165) is 11.3 Å². The van der Waals surface area contributed by atoms with Crippen molar-refractivity contribution in [1.82, 2.24) is 0 Å². The van der Waals surface area contributed by atoms with Crippen molar-refractivity contribution in [2.24, 2.45) is 5.92 Å². The van der Waals surface area contributed by atoms with Crippen molar-refractivity contribution < 1.29 is 9.13 Å². The molecule has 0 spiro atoms. The molecule has 1 unspecified atom stereocenters. The van der Waals surface area contributed by atoms with Gasteiger partial charge in [-0.05, 0) is 12.0 Å². The third kappa shape index (κ3) is 1.53. The molecule has 1 aromatic rings. The molecule has 15 heavy (non-hydrogen) atoms. The molecule has 0 N–H and O–H groups in total. The van der Waals surface area contributed by atoms with E-state index in [2.05, 4.69) is 26.5 Å². The highest BCUT2D eigenvalue weighted by atomic mass is 32.1. The zero-order chi connectivity index (χ0) is 11.1. The number of hydrogen-bond acceptors (Lipinski definition) is 2. The predicted octanol–water partition coefficient (Wildman–Crippen LogP) is 3.04. The van der Waals surface area contributed by atoms with Gasteiger partial charge in [-0.25, -0.2) is 4.39 Å².